The molecule has 8 heteroatoms. The highest BCUT2D eigenvalue weighted by Gasteiger charge is 2.59. The van der Waals surface area contributed by atoms with Gasteiger partial charge in [-0.25, -0.2) is 8.42 Å². The summed E-state index contributed by atoms with van der Waals surface area (Å²) >= 11 is 3.96. The maximum Gasteiger partial charge on any atom is 0.243 e. The molecule has 6 nitrogen and oxygen atoms in total. The number of sulfonamides is 1. The lowest BCUT2D eigenvalue weighted by atomic mass is 9.49. The normalized spacial score (nSPS) is 36.0. The summed E-state index contributed by atoms with van der Waals surface area (Å²) in [6.07, 6.45) is 6.45. The molecule has 1 heterocycles. The third kappa shape index (κ3) is 3.63. The van der Waals surface area contributed by atoms with E-state index in [1.165, 1.54) is 23.6 Å². The van der Waals surface area contributed by atoms with Crippen LogP contribution in [0.25, 0.3) is 0 Å². The predicted octanol–water partition coefficient (Wildman–Crippen LogP) is 3.06. The molecule has 5 fully saturated rings. The van der Waals surface area contributed by atoms with Crippen LogP contribution in [0.1, 0.15) is 44.1 Å². The summed E-state index contributed by atoms with van der Waals surface area (Å²) in [6, 6.07) is 7.02. The Morgan fingerprint density at radius 2 is 1.80 bits per heavy atom. The van der Waals surface area contributed by atoms with Gasteiger partial charge >= 0.3 is 0 Å². The molecule has 1 N–H and O–H groups in total. The van der Waals surface area contributed by atoms with Gasteiger partial charge in [0.25, 0.3) is 0 Å². The smallest absolute Gasteiger partial charge is 0.243 e. The molecule has 164 valence electrons. The van der Waals surface area contributed by atoms with Crippen LogP contribution in [-0.2, 0) is 26.1 Å². The minimum absolute atomic E-state index is 0.0963. The number of hydrogen-bond donors (Lipinski definition) is 1. The number of alkyl halides is 1. The molecule has 2 unspecified atom stereocenters. The molecule has 0 spiro atoms. The Bertz CT molecular complexity index is 930. The molecule has 0 radical (unpaired) electrons. The molecule has 1 aromatic rings. The number of morpholine rings is 1. The second-order valence-electron chi connectivity index (χ2n) is 9.70. The first-order chi connectivity index (χ1) is 14.3. The number of halogens is 1. The fourth-order valence-electron chi connectivity index (χ4n) is 6.61. The van der Waals surface area contributed by atoms with Gasteiger partial charge in [-0.1, -0.05) is 34.1 Å². The van der Waals surface area contributed by atoms with E-state index >= 15 is 0 Å². The van der Waals surface area contributed by atoms with Crippen LogP contribution in [0.15, 0.2) is 29.2 Å². The minimum atomic E-state index is -3.60. The van der Waals surface area contributed by atoms with Gasteiger partial charge in [-0.15, -0.1) is 0 Å². The third-order valence-electron chi connectivity index (χ3n) is 7.47. The van der Waals surface area contributed by atoms with Crippen molar-refractivity contribution in [3.8, 4) is 0 Å². The van der Waals surface area contributed by atoms with E-state index < -0.39 is 10.0 Å². The Balaban J connectivity index is 1.33. The van der Waals surface area contributed by atoms with Gasteiger partial charge in [-0.2, -0.15) is 4.31 Å². The first-order valence-corrected chi connectivity index (χ1v) is 13.2. The van der Waals surface area contributed by atoms with Gasteiger partial charge in [-0.05, 0) is 62.0 Å². The molecule has 1 aliphatic heterocycles. The summed E-state index contributed by atoms with van der Waals surface area (Å²) in [5, 5.41) is 3.12. The SMILES string of the molecule is O=C(NCc1ccccc1S(=O)(=O)N1CCOCC1)C12CC3CC(CC(Br)(C3)C1)C2. The molecule has 5 aliphatic rings. The number of amides is 1. The number of carbonyl (C=O) groups is 1. The topological polar surface area (TPSA) is 75.7 Å². The van der Waals surface area contributed by atoms with Crippen LogP contribution in [0.4, 0.5) is 0 Å². The molecule has 2 atom stereocenters. The molecule has 1 saturated heterocycles. The van der Waals surface area contributed by atoms with Crippen LogP contribution in [0.2, 0.25) is 0 Å². The molecule has 1 amide bonds. The standard InChI is InChI=1S/C22H29BrN2O4S/c23-22-12-16-9-17(13-22)11-21(10-16,15-22)20(26)24-14-18-3-1-2-4-19(18)30(27,28)25-5-7-29-8-6-25/h1-4,16-17H,5-15H2,(H,24,26). The predicted molar refractivity (Wildman–Crippen MR) is 117 cm³/mol. The zero-order valence-electron chi connectivity index (χ0n) is 17.1. The Hall–Kier alpha value is -0.960. The molecular weight excluding hydrogens is 468 g/mol. The number of nitrogens with one attached hydrogen (secondary N) is 1. The monoisotopic (exact) mass is 496 g/mol. The largest absolute Gasteiger partial charge is 0.379 e. The van der Waals surface area contributed by atoms with Crippen molar-refractivity contribution in [1.29, 1.82) is 0 Å². The zero-order valence-corrected chi connectivity index (χ0v) is 19.5. The molecule has 0 aromatic heterocycles. The van der Waals surface area contributed by atoms with Gasteiger partial charge in [-0.3, -0.25) is 4.79 Å². The van der Waals surface area contributed by atoms with E-state index in [1.807, 2.05) is 6.07 Å². The number of rotatable bonds is 5. The highest BCUT2D eigenvalue weighted by atomic mass is 79.9. The second-order valence-corrected chi connectivity index (χ2v) is 13.3. The molecular formula is C22H29BrN2O4S. The van der Waals surface area contributed by atoms with Crippen LogP contribution in [-0.4, -0.2) is 49.3 Å². The summed E-state index contributed by atoms with van der Waals surface area (Å²) < 4.78 is 33.2. The molecule has 4 bridgehead atoms. The van der Waals surface area contributed by atoms with Crippen molar-refractivity contribution >= 4 is 31.9 Å². The third-order valence-corrected chi connectivity index (χ3v) is 10.4. The molecule has 1 aromatic carbocycles. The summed E-state index contributed by atoms with van der Waals surface area (Å²) in [6.45, 7) is 1.80. The van der Waals surface area contributed by atoms with Gasteiger partial charge in [0.2, 0.25) is 15.9 Å². The van der Waals surface area contributed by atoms with Crippen molar-refractivity contribution < 1.29 is 17.9 Å². The lowest BCUT2D eigenvalue weighted by Gasteiger charge is -2.59. The van der Waals surface area contributed by atoms with Crippen LogP contribution in [0.3, 0.4) is 0 Å². The summed E-state index contributed by atoms with van der Waals surface area (Å²) in [4.78, 5) is 13.7. The Morgan fingerprint density at radius 3 is 2.47 bits per heavy atom. The number of benzene rings is 1. The molecule has 4 saturated carbocycles. The average Bonchev–Trinajstić information content (AvgIpc) is 2.71. The summed E-state index contributed by atoms with van der Waals surface area (Å²) in [5.41, 5.74) is 0.349. The van der Waals surface area contributed by atoms with Crippen LogP contribution in [0, 0.1) is 17.3 Å². The Morgan fingerprint density at radius 1 is 1.13 bits per heavy atom. The van der Waals surface area contributed by atoms with Crippen molar-refractivity contribution in [2.45, 2.75) is 54.3 Å². The van der Waals surface area contributed by atoms with Crippen LogP contribution in [0.5, 0.6) is 0 Å². The van der Waals surface area contributed by atoms with Gasteiger partial charge < -0.3 is 10.1 Å². The minimum Gasteiger partial charge on any atom is -0.379 e. The van der Waals surface area contributed by atoms with Crippen molar-refractivity contribution in [2.24, 2.45) is 17.3 Å². The fourth-order valence-corrected chi connectivity index (χ4v) is 9.69. The molecule has 4 aliphatic carbocycles. The van der Waals surface area contributed by atoms with E-state index in [9.17, 15) is 13.2 Å². The number of ether oxygens (including phenoxy) is 1. The lowest BCUT2D eigenvalue weighted by Crippen LogP contribution is -2.58. The van der Waals surface area contributed by atoms with E-state index in [-0.39, 0.29) is 27.1 Å². The number of nitrogens with zero attached hydrogens (tertiary/aromatic N) is 1. The van der Waals surface area contributed by atoms with Crippen LogP contribution >= 0.6 is 15.9 Å². The van der Waals surface area contributed by atoms with E-state index in [0.717, 1.165) is 19.3 Å². The number of carbonyl (C=O) groups excluding carboxylic acids is 1. The van der Waals surface area contributed by atoms with Gasteiger partial charge in [0.05, 0.1) is 23.5 Å². The van der Waals surface area contributed by atoms with Gasteiger partial charge in [0, 0.05) is 24.0 Å². The Kier molecular flexibility index (Phi) is 5.28. The van der Waals surface area contributed by atoms with Gasteiger partial charge in [0.1, 0.15) is 0 Å². The highest BCUT2D eigenvalue weighted by molar-refractivity contribution is 9.10. The molecule has 6 rings (SSSR count). The van der Waals surface area contributed by atoms with Crippen molar-refractivity contribution in [3.63, 3.8) is 0 Å². The summed E-state index contributed by atoms with van der Waals surface area (Å²) in [5.74, 6) is 1.36. The Labute approximate surface area is 186 Å². The van der Waals surface area contributed by atoms with Gasteiger partial charge in [0.15, 0.2) is 0 Å². The second kappa shape index (κ2) is 7.57. The average molecular weight is 497 g/mol. The quantitative estimate of drug-likeness (QED) is 0.635. The first-order valence-electron chi connectivity index (χ1n) is 10.9. The van der Waals surface area contributed by atoms with Crippen molar-refractivity contribution in [3.05, 3.63) is 29.8 Å². The van der Waals surface area contributed by atoms with Crippen molar-refractivity contribution in [1.82, 2.24) is 9.62 Å². The van der Waals surface area contributed by atoms with Crippen LogP contribution < -0.4 is 5.32 Å². The number of hydrogen-bond acceptors (Lipinski definition) is 4. The van der Waals surface area contributed by atoms with E-state index in [1.54, 1.807) is 18.2 Å². The summed E-state index contributed by atoms with van der Waals surface area (Å²) in [7, 11) is -3.60. The van der Waals surface area contributed by atoms with Crippen molar-refractivity contribution in [2.75, 3.05) is 26.3 Å². The van der Waals surface area contributed by atoms with E-state index in [0.29, 0.717) is 43.7 Å². The fraction of sp³-hybridized carbons (Fsp3) is 0.682. The van der Waals surface area contributed by atoms with E-state index in [2.05, 4.69) is 21.2 Å². The molecule has 30 heavy (non-hydrogen) atoms. The lowest BCUT2D eigenvalue weighted by molar-refractivity contribution is -0.144. The first kappa shape index (κ1) is 20.9. The highest BCUT2D eigenvalue weighted by Crippen LogP contribution is 2.64. The maximum absolute atomic E-state index is 13.4. The zero-order chi connectivity index (χ0) is 21.0. The maximum atomic E-state index is 13.4. The van der Waals surface area contributed by atoms with E-state index in [4.69, 9.17) is 4.74 Å².